The lowest BCUT2D eigenvalue weighted by molar-refractivity contribution is -0.119. The van der Waals surface area contributed by atoms with Crippen molar-refractivity contribution in [2.24, 2.45) is 0 Å². The third-order valence-corrected chi connectivity index (χ3v) is 5.23. The number of aryl methyl sites for hydroxylation is 2. The van der Waals surface area contributed by atoms with Gasteiger partial charge in [-0.15, -0.1) is 0 Å². The van der Waals surface area contributed by atoms with Gasteiger partial charge in [-0.2, -0.15) is 0 Å². The van der Waals surface area contributed by atoms with Crippen LogP contribution in [0, 0.1) is 0 Å². The van der Waals surface area contributed by atoms with E-state index in [4.69, 9.17) is 0 Å². The summed E-state index contributed by atoms with van der Waals surface area (Å²) in [7, 11) is 0. The van der Waals surface area contributed by atoms with Crippen LogP contribution >= 0.6 is 0 Å². The fourth-order valence-corrected chi connectivity index (χ4v) is 3.48. The molecule has 0 bridgehead atoms. The smallest absolute Gasteiger partial charge is 0.274 e. The zero-order valence-corrected chi connectivity index (χ0v) is 16.9. The molecule has 1 N–H and O–H groups in total. The summed E-state index contributed by atoms with van der Waals surface area (Å²) in [6.45, 7) is 6.08. The Balaban J connectivity index is 1.77. The molecule has 0 aliphatic carbocycles. The van der Waals surface area contributed by atoms with Crippen molar-refractivity contribution >= 4 is 23.9 Å². The Labute approximate surface area is 170 Å². The number of amides is 3. The minimum absolute atomic E-state index is 0.157. The van der Waals surface area contributed by atoms with Crippen molar-refractivity contribution in [3.8, 4) is 0 Å². The van der Waals surface area contributed by atoms with Gasteiger partial charge in [0, 0.05) is 43.6 Å². The minimum atomic E-state index is -0.332. The molecule has 1 aromatic heterocycles. The molecule has 3 amide bonds. The molecule has 7 nitrogen and oxygen atoms in total. The molecule has 1 aliphatic heterocycles. The average molecular weight is 394 g/mol. The summed E-state index contributed by atoms with van der Waals surface area (Å²) in [5.41, 5.74) is 3.58. The average Bonchev–Trinajstić information content (AvgIpc) is 2.78. The molecule has 7 heteroatoms. The highest BCUT2D eigenvalue weighted by molar-refractivity contribution is 6.05. The third-order valence-electron chi connectivity index (χ3n) is 5.23. The van der Waals surface area contributed by atoms with E-state index in [2.05, 4.69) is 10.3 Å². The Kier molecular flexibility index (Phi) is 6.59. The summed E-state index contributed by atoms with van der Waals surface area (Å²) < 4.78 is 0. The van der Waals surface area contributed by atoms with Crippen LogP contribution in [0.3, 0.4) is 0 Å². The zero-order valence-electron chi connectivity index (χ0n) is 16.9. The number of nitrogens with one attached hydrogen (secondary N) is 1. The summed E-state index contributed by atoms with van der Waals surface area (Å²) >= 11 is 0. The van der Waals surface area contributed by atoms with Crippen molar-refractivity contribution in [1.29, 1.82) is 0 Å². The first-order chi connectivity index (χ1) is 14.1. The predicted molar refractivity (Wildman–Crippen MR) is 111 cm³/mol. The minimum Gasteiger partial charge on any atom is -0.342 e. The van der Waals surface area contributed by atoms with Gasteiger partial charge in [0.15, 0.2) is 0 Å². The number of nitrogens with zero attached hydrogens (tertiary/aromatic N) is 3. The van der Waals surface area contributed by atoms with Crippen LogP contribution in [-0.2, 0) is 17.6 Å². The number of piperazine rings is 1. The fourth-order valence-electron chi connectivity index (χ4n) is 3.48. The monoisotopic (exact) mass is 394 g/mol. The van der Waals surface area contributed by atoms with Crippen LogP contribution in [-0.4, -0.2) is 59.2 Å². The number of benzene rings is 1. The highest BCUT2D eigenvalue weighted by Crippen LogP contribution is 2.23. The first-order valence-electron chi connectivity index (χ1n) is 9.94. The first kappa shape index (κ1) is 20.5. The van der Waals surface area contributed by atoms with Crippen molar-refractivity contribution in [3.63, 3.8) is 0 Å². The van der Waals surface area contributed by atoms with Crippen molar-refractivity contribution < 1.29 is 14.4 Å². The van der Waals surface area contributed by atoms with Crippen molar-refractivity contribution in [1.82, 2.24) is 14.8 Å². The number of rotatable bonds is 6. The lowest BCUT2D eigenvalue weighted by Gasteiger charge is -2.32. The van der Waals surface area contributed by atoms with Crippen molar-refractivity contribution in [3.05, 3.63) is 58.9 Å². The van der Waals surface area contributed by atoms with E-state index in [1.807, 2.05) is 32.0 Å². The van der Waals surface area contributed by atoms with Crippen LogP contribution in [0.1, 0.15) is 45.8 Å². The molecule has 1 fully saturated rings. The van der Waals surface area contributed by atoms with Gasteiger partial charge in [-0.1, -0.05) is 32.0 Å². The van der Waals surface area contributed by atoms with Gasteiger partial charge in [0.2, 0.25) is 6.41 Å². The largest absolute Gasteiger partial charge is 0.342 e. The predicted octanol–water partition coefficient (Wildman–Crippen LogP) is 2.37. The lowest BCUT2D eigenvalue weighted by Crippen LogP contribution is -2.48. The Morgan fingerprint density at radius 1 is 1.07 bits per heavy atom. The number of anilines is 1. The van der Waals surface area contributed by atoms with Gasteiger partial charge in [0.05, 0.1) is 0 Å². The van der Waals surface area contributed by atoms with Crippen LogP contribution in [0.4, 0.5) is 5.69 Å². The maximum Gasteiger partial charge on any atom is 0.274 e. The van der Waals surface area contributed by atoms with Gasteiger partial charge in [-0.3, -0.25) is 19.4 Å². The first-order valence-corrected chi connectivity index (χ1v) is 9.94. The quantitative estimate of drug-likeness (QED) is 0.763. The standard InChI is InChI=1S/C22H26N4O3/c1-3-16-6-5-7-17(4-2)20(16)24-21(28)19-14-18(8-9-23-19)22(29)26-12-10-25(15-27)11-13-26/h5-9,14-15H,3-4,10-13H2,1-2H3,(H,24,28). The number of hydrogen-bond donors (Lipinski definition) is 1. The van der Waals surface area contributed by atoms with Crippen LogP contribution < -0.4 is 5.32 Å². The summed E-state index contributed by atoms with van der Waals surface area (Å²) in [6, 6.07) is 9.14. The highest BCUT2D eigenvalue weighted by atomic mass is 16.2. The molecule has 1 aromatic carbocycles. The molecule has 1 saturated heterocycles. The second-order valence-electron chi connectivity index (χ2n) is 6.98. The van der Waals surface area contributed by atoms with Gasteiger partial charge in [0.25, 0.3) is 11.8 Å². The maximum atomic E-state index is 12.8. The third kappa shape index (κ3) is 4.62. The Hall–Kier alpha value is -3.22. The van der Waals surface area contributed by atoms with E-state index in [-0.39, 0.29) is 17.5 Å². The van der Waals surface area contributed by atoms with Crippen molar-refractivity contribution in [2.45, 2.75) is 26.7 Å². The zero-order chi connectivity index (χ0) is 20.8. The molecule has 152 valence electrons. The summed E-state index contributed by atoms with van der Waals surface area (Å²) in [5.74, 6) is -0.490. The van der Waals surface area contributed by atoms with E-state index in [0.29, 0.717) is 31.7 Å². The topological polar surface area (TPSA) is 82.6 Å². The van der Waals surface area contributed by atoms with Crippen LogP contribution in [0.25, 0.3) is 0 Å². The van der Waals surface area contributed by atoms with E-state index in [9.17, 15) is 14.4 Å². The number of para-hydroxylation sites is 1. The lowest BCUT2D eigenvalue weighted by atomic mass is 10.0. The maximum absolute atomic E-state index is 12.8. The van der Waals surface area contributed by atoms with Crippen LogP contribution in [0.15, 0.2) is 36.5 Å². The van der Waals surface area contributed by atoms with E-state index in [1.165, 1.54) is 12.3 Å². The number of aromatic nitrogens is 1. The molecule has 0 saturated carbocycles. The molecule has 2 heterocycles. The molecule has 0 radical (unpaired) electrons. The van der Waals surface area contributed by atoms with E-state index >= 15 is 0 Å². The van der Waals surface area contributed by atoms with Gasteiger partial charge in [-0.05, 0) is 36.1 Å². The number of hydrogen-bond acceptors (Lipinski definition) is 4. The molecule has 3 rings (SSSR count). The second kappa shape index (κ2) is 9.32. The Morgan fingerprint density at radius 2 is 1.72 bits per heavy atom. The molecule has 2 aromatic rings. The number of carbonyl (C=O) groups excluding carboxylic acids is 3. The fraction of sp³-hybridized carbons (Fsp3) is 0.364. The molecule has 29 heavy (non-hydrogen) atoms. The van der Waals surface area contributed by atoms with Gasteiger partial charge in [0.1, 0.15) is 5.69 Å². The van der Waals surface area contributed by atoms with Crippen LogP contribution in [0.2, 0.25) is 0 Å². The second-order valence-corrected chi connectivity index (χ2v) is 6.98. The van der Waals surface area contributed by atoms with E-state index in [1.54, 1.807) is 15.9 Å². The Morgan fingerprint density at radius 3 is 2.31 bits per heavy atom. The van der Waals surface area contributed by atoms with E-state index in [0.717, 1.165) is 36.1 Å². The van der Waals surface area contributed by atoms with Gasteiger partial charge < -0.3 is 15.1 Å². The molecular formula is C22H26N4O3. The van der Waals surface area contributed by atoms with E-state index < -0.39 is 0 Å². The molecular weight excluding hydrogens is 368 g/mol. The highest BCUT2D eigenvalue weighted by Gasteiger charge is 2.22. The molecule has 0 unspecified atom stereocenters. The number of pyridine rings is 1. The molecule has 0 atom stereocenters. The summed E-state index contributed by atoms with van der Waals surface area (Å²) in [4.78, 5) is 44.0. The SMILES string of the molecule is CCc1cccc(CC)c1NC(=O)c1cc(C(=O)N2CCN(C=O)CC2)ccn1. The summed E-state index contributed by atoms with van der Waals surface area (Å²) in [6.07, 6.45) is 3.90. The summed E-state index contributed by atoms with van der Waals surface area (Å²) in [5, 5.41) is 2.98. The number of carbonyl (C=O) groups is 3. The van der Waals surface area contributed by atoms with Gasteiger partial charge >= 0.3 is 0 Å². The Bertz CT molecular complexity index is 882. The normalized spacial score (nSPS) is 13.9. The van der Waals surface area contributed by atoms with Crippen molar-refractivity contribution in [2.75, 3.05) is 31.5 Å². The molecule has 1 aliphatic rings. The van der Waals surface area contributed by atoms with Gasteiger partial charge in [-0.25, -0.2) is 0 Å². The van der Waals surface area contributed by atoms with Crippen LogP contribution in [0.5, 0.6) is 0 Å². The molecule has 0 spiro atoms.